The first-order chi connectivity index (χ1) is 13.6. The van der Waals surface area contributed by atoms with Gasteiger partial charge in [-0.25, -0.2) is 9.48 Å². The molecule has 0 saturated carbocycles. The molecule has 3 rings (SSSR count). The summed E-state index contributed by atoms with van der Waals surface area (Å²) in [6, 6.07) is 12.2. The minimum atomic E-state index is -0.471. The third kappa shape index (κ3) is 4.74. The van der Waals surface area contributed by atoms with Crippen molar-refractivity contribution in [2.45, 2.75) is 18.9 Å². The van der Waals surface area contributed by atoms with E-state index < -0.39 is 5.97 Å². The van der Waals surface area contributed by atoms with E-state index in [1.54, 1.807) is 54.2 Å². The zero-order valence-electron chi connectivity index (χ0n) is 15.5. The lowest BCUT2D eigenvalue weighted by molar-refractivity contribution is -0.113. The minimum Gasteiger partial charge on any atom is -0.462 e. The molecule has 144 valence electrons. The molecule has 2 heterocycles. The van der Waals surface area contributed by atoms with Gasteiger partial charge in [0.25, 0.3) is 0 Å². The summed E-state index contributed by atoms with van der Waals surface area (Å²) in [6.07, 6.45) is 1.69. The van der Waals surface area contributed by atoms with Crippen molar-refractivity contribution in [3.05, 3.63) is 59.9 Å². The molecule has 1 amide bonds. The van der Waals surface area contributed by atoms with Gasteiger partial charge in [0, 0.05) is 11.9 Å². The van der Waals surface area contributed by atoms with E-state index in [0.29, 0.717) is 22.1 Å². The Morgan fingerprint density at radius 2 is 1.96 bits per heavy atom. The van der Waals surface area contributed by atoms with Crippen molar-refractivity contribution in [2.24, 2.45) is 0 Å². The number of carbonyl (C=O) groups excluding carboxylic acids is 2. The molecule has 9 heteroatoms. The Kier molecular flexibility index (Phi) is 6.38. The molecule has 0 saturated heterocycles. The third-order valence-electron chi connectivity index (χ3n) is 3.72. The second kappa shape index (κ2) is 9.14. The van der Waals surface area contributed by atoms with Crippen molar-refractivity contribution in [2.75, 3.05) is 17.7 Å². The van der Waals surface area contributed by atoms with Crippen LogP contribution in [0, 0.1) is 6.92 Å². The molecule has 3 aromatic rings. The molecular weight excluding hydrogens is 378 g/mol. The number of benzene rings is 1. The largest absolute Gasteiger partial charge is 0.462 e. The van der Waals surface area contributed by atoms with Crippen LogP contribution in [0.2, 0.25) is 0 Å². The first-order valence-electron chi connectivity index (χ1n) is 8.62. The second-order valence-corrected chi connectivity index (χ2v) is 6.71. The normalized spacial score (nSPS) is 10.5. The van der Waals surface area contributed by atoms with Crippen LogP contribution in [0.1, 0.15) is 23.0 Å². The molecule has 0 fully saturated rings. The highest BCUT2D eigenvalue weighted by atomic mass is 32.2. The molecular formula is C19H19N5O3S. The number of nitrogens with one attached hydrogen (secondary N) is 1. The van der Waals surface area contributed by atoms with Gasteiger partial charge in [0.2, 0.25) is 5.91 Å². The van der Waals surface area contributed by atoms with E-state index in [1.165, 1.54) is 11.8 Å². The van der Waals surface area contributed by atoms with Crippen LogP contribution in [0.4, 0.5) is 5.69 Å². The second-order valence-electron chi connectivity index (χ2n) is 5.72. The number of hydrogen-bond acceptors (Lipinski definition) is 7. The van der Waals surface area contributed by atoms with E-state index >= 15 is 0 Å². The number of aromatic nitrogens is 4. The Bertz CT molecular complexity index is 972. The number of hydrogen-bond donors (Lipinski definition) is 1. The maximum absolute atomic E-state index is 12.3. The summed E-state index contributed by atoms with van der Waals surface area (Å²) in [4.78, 5) is 24.2. The van der Waals surface area contributed by atoms with E-state index in [2.05, 4.69) is 20.6 Å². The maximum atomic E-state index is 12.3. The molecule has 8 nitrogen and oxygen atoms in total. The monoisotopic (exact) mass is 397 g/mol. The number of para-hydroxylation sites is 1. The fourth-order valence-corrected chi connectivity index (χ4v) is 3.03. The molecule has 1 N–H and O–H groups in total. The maximum Gasteiger partial charge on any atom is 0.340 e. The number of thioether (sulfide) groups is 1. The molecule has 0 aliphatic heterocycles. The van der Waals surface area contributed by atoms with E-state index in [1.807, 2.05) is 13.0 Å². The highest BCUT2D eigenvalue weighted by Crippen LogP contribution is 2.19. The number of aryl methyl sites for hydroxylation is 1. The third-order valence-corrected chi connectivity index (χ3v) is 4.64. The predicted molar refractivity (Wildman–Crippen MR) is 106 cm³/mol. The standard InChI is InChI=1S/C19H19N5O3S/c1-3-27-19(26)14-6-4-5-7-15(14)21-17(25)12-28-18-9-8-16(22-23-18)24-13(2)10-11-20-24/h4-11H,3,12H2,1-2H3,(H,21,25). The lowest BCUT2D eigenvalue weighted by Crippen LogP contribution is -2.17. The first kappa shape index (κ1) is 19.6. The van der Waals surface area contributed by atoms with Crippen LogP contribution in [-0.4, -0.2) is 44.2 Å². The van der Waals surface area contributed by atoms with Gasteiger partial charge in [-0.05, 0) is 44.2 Å². The Morgan fingerprint density at radius 1 is 1.14 bits per heavy atom. The number of nitrogens with zero attached hydrogens (tertiary/aromatic N) is 4. The van der Waals surface area contributed by atoms with Crippen LogP contribution in [0.5, 0.6) is 0 Å². The van der Waals surface area contributed by atoms with Crippen molar-refractivity contribution < 1.29 is 14.3 Å². The van der Waals surface area contributed by atoms with Crippen molar-refractivity contribution in [3.63, 3.8) is 0 Å². The van der Waals surface area contributed by atoms with E-state index in [9.17, 15) is 9.59 Å². The fourth-order valence-electron chi connectivity index (χ4n) is 2.42. The Balaban J connectivity index is 1.59. The van der Waals surface area contributed by atoms with Gasteiger partial charge in [0.05, 0.1) is 23.6 Å². The van der Waals surface area contributed by atoms with Gasteiger partial charge in [-0.3, -0.25) is 4.79 Å². The molecule has 0 aliphatic carbocycles. The molecule has 0 atom stereocenters. The predicted octanol–water partition coefficient (Wildman–Crippen LogP) is 2.88. The first-order valence-corrected chi connectivity index (χ1v) is 9.60. The summed E-state index contributed by atoms with van der Waals surface area (Å²) < 4.78 is 6.69. The zero-order chi connectivity index (χ0) is 19.9. The van der Waals surface area contributed by atoms with Crippen molar-refractivity contribution in [3.8, 4) is 5.82 Å². The quantitative estimate of drug-likeness (QED) is 0.483. The average Bonchev–Trinajstić information content (AvgIpc) is 3.13. The summed E-state index contributed by atoms with van der Waals surface area (Å²) in [5.41, 5.74) is 1.69. The Hall–Kier alpha value is -3.20. The molecule has 0 radical (unpaired) electrons. The summed E-state index contributed by atoms with van der Waals surface area (Å²) in [7, 11) is 0. The smallest absolute Gasteiger partial charge is 0.340 e. The van der Waals surface area contributed by atoms with Gasteiger partial charge < -0.3 is 10.1 Å². The Morgan fingerprint density at radius 3 is 2.64 bits per heavy atom. The number of ether oxygens (including phenoxy) is 1. The molecule has 2 aromatic heterocycles. The lowest BCUT2D eigenvalue weighted by Gasteiger charge is -2.10. The van der Waals surface area contributed by atoms with Gasteiger partial charge in [0.15, 0.2) is 5.82 Å². The Labute approximate surface area is 166 Å². The van der Waals surface area contributed by atoms with Crippen LogP contribution in [0.25, 0.3) is 5.82 Å². The molecule has 0 spiro atoms. The molecule has 0 aliphatic rings. The van der Waals surface area contributed by atoms with Crippen LogP contribution < -0.4 is 5.32 Å². The zero-order valence-corrected chi connectivity index (χ0v) is 16.3. The van der Waals surface area contributed by atoms with Gasteiger partial charge in [-0.15, -0.1) is 10.2 Å². The summed E-state index contributed by atoms with van der Waals surface area (Å²) in [5.74, 6) is 0.0167. The number of esters is 1. The van der Waals surface area contributed by atoms with E-state index in [0.717, 1.165) is 5.69 Å². The molecule has 28 heavy (non-hydrogen) atoms. The summed E-state index contributed by atoms with van der Waals surface area (Å²) in [6.45, 7) is 3.93. The van der Waals surface area contributed by atoms with E-state index in [-0.39, 0.29) is 18.3 Å². The van der Waals surface area contributed by atoms with Crippen molar-refractivity contribution >= 4 is 29.3 Å². The van der Waals surface area contributed by atoms with Gasteiger partial charge in [-0.2, -0.15) is 5.10 Å². The highest BCUT2D eigenvalue weighted by Gasteiger charge is 2.14. The van der Waals surface area contributed by atoms with E-state index in [4.69, 9.17) is 4.74 Å². The van der Waals surface area contributed by atoms with Crippen LogP contribution in [-0.2, 0) is 9.53 Å². The summed E-state index contributed by atoms with van der Waals surface area (Å²) in [5, 5.41) is 15.8. The van der Waals surface area contributed by atoms with Crippen molar-refractivity contribution in [1.82, 2.24) is 20.0 Å². The van der Waals surface area contributed by atoms with Crippen LogP contribution in [0.3, 0.4) is 0 Å². The van der Waals surface area contributed by atoms with Gasteiger partial charge in [-0.1, -0.05) is 23.9 Å². The lowest BCUT2D eigenvalue weighted by atomic mass is 10.2. The van der Waals surface area contributed by atoms with Crippen molar-refractivity contribution in [1.29, 1.82) is 0 Å². The number of anilines is 1. The SMILES string of the molecule is CCOC(=O)c1ccccc1NC(=O)CSc1ccc(-n2nccc2C)nn1. The van der Waals surface area contributed by atoms with Gasteiger partial charge in [0.1, 0.15) is 5.03 Å². The van der Waals surface area contributed by atoms with Crippen LogP contribution in [0.15, 0.2) is 53.7 Å². The average molecular weight is 397 g/mol. The summed E-state index contributed by atoms with van der Waals surface area (Å²) >= 11 is 1.25. The number of rotatable bonds is 7. The fraction of sp³-hybridized carbons (Fsp3) is 0.211. The molecule has 0 unspecified atom stereocenters. The minimum absolute atomic E-state index is 0.131. The number of carbonyl (C=O) groups is 2. The molecule has 1 aromatic carbocycles. The molecule has 0 bridgehead atoms. The van der Waals surface area contributed by atoms with Gasteiger partial charge >= 0.3 is 5.97 Å². The topological polar surface area (TPSA) is 99.0 Å². The van der Waals surface area contributed by atoms with Crippen LogP contribution >= 0.6 is 11.8 Å². The number of amides is 1. The highest BCUT2D eigenvalue weighted by molar-refractivity contribution is 7.99.